The summed E-state index contributed by atoms with van der Waals surface area (Å²) in [5, 5.41) is 19.1. The van der Waals surface area contributed by atoms with Crippen LogP contribution in [0.3, 0.4) is 0 Å². The average Bonchev–Trinajstić information content (AvgIpc) is 2.96. The first-order valence-corrected chi connectivity index (χ1v) is 16.0. The summed E-state index contributed by atoms with van der Waals surface area (Å²) in [7, 11) is -7.71. The number of nitrogens with zero attached hydrogens (tertiary/aromatic N) is 2. The van der Waals surface area contributed by atoms with Crippen LogP contribution in [0, 0.1) is 5.41 Å². The maximum atomic E-state index is 12.7. The average molecular weight is 612 g/mol. The van der Waals surface area contributed by atoms with Gasteiger partial charge in [0.05, 0.1) is 9.79 Å². The van der Waals surface area contributed by atoms with Gasteiger partial charge in [0.1, 0.15) is 5.84 Å². The molecule has 222 valence electrons. The number of urea groups is 1. The van der Waals surface area contributed by atoms with Crippen LogP contribution < -0.4 is 20.5 Å². The molecular weight excluding hydrogens is 578 g/mol. The van der Waals surface area contributed by atoms with Gasteiger partial charge in [-0.2, -0.15) is 0 Å². The molecule has 0 bridgehead atoms. The second-order valence-corrected chi connectivity index (χ2v) is 13.0. The third kappa shape index (κ3) is 8.24. The first-order chi connectivity index (χ1) is 19.9. The Labute approximate surface area is 245 Å². The molecule has 14 heteroatoms. The molecule has 0 saturated carbocycles. The Bertz CT molecular complexity index is 1650. The lowest BCUT2D eigenvalue weighted by Crippen LogP contribution is -2.48. The summed E-state index contributed by atoms with van der Waals surface area (Å²) in [5.41, 5.74) is 2.13. The van der Waals surface area contributed by atoms with Crippen molar-refractivity contribution in [3.63, 3.8) is 0 Å². The Morgan fingerprint density at radius 1 is 0.881 bits per heavy atom. The predicted octanol–water partition coefficient (Wildman–Crippen LogP) is 2.59. The summed E-state index contributed by atoms with van der Waals surface area (Å²) in [5.74, 6) is 0.392. The second kappa shape index (κ2) is 13.3. The summed E-state index contributed by atoms with van der Waals surface area (Å²) in [6, 6.07) is 17.7. The number of sulfonamides is 2. The normalized spacial score (nSPS) is 14.3. The van der Waals surface area contributed by atoms with E-state index in [-0.39, 0.29) is 16.3 Å². The number of primary sulfonamides is 1. The highest BCUT2D eigenvalue weighted by atomic mass is 32.2. The van der Waals surface area contributed by atoms with Gasteiger partial charge in [0.25, 0.3) is 0 Å². The second-order valence-electron chi connectivity index (χ2n) is 9.62. The van der Waals surface area contributed by atoms with E-state index in [2.05, 4.69) is 26.8 Å². The number of carbonyl (C=O) groups is 1. The molecule has 1 aliphatic rings. The number of amidine groups is 1. The molecule has 0 aliphatic carbocycles. The Morgan fingerprint density at radius 2 is 1.50 bits per heavy atom. The van der Waals surface area contributed by atoms with Gasteiger partial charge in [0.15, 0.2) is 0 Å². The van der Waals surface area contributed by atoms with Gasteiger partial charge in [0.2, 0.25) is 20.0 Å². The van der Waals surface area contributed by atoms with Crippen molar-refractivity contribution in [2.75, 3.05) is 43.4 Å². The lowest BCUT2D eigenvalue weighted by atomic mass is 10.1. The van der Waals surface area contributed by atoms with Crippen LogP contribution in [-0.2, 0) is 26.6 Å². The Balaban J connectivity index is 1.30. The highest BCUT2D eigenvalue weighted by Gasteiger charge is 2.20. The van der Waals surface area contributed by atoms with E-state index in [1.807, 2.05) is 17.0 Å². The van der Waals surface area contributed by atoms with E-state index < -0.39 is 26.1 Å². The molecule has 12 nitrogen and oxygen atoms in total. The molecule has 2 amide bonds. The fourth-order valence-corrected chi connectivity index (χ4v) is 5.87. The molecule has 0 spiro atoms. The van der Waals surface area contributed by atoms with Crippen LogP contribution >= 0.6 is 0 Å². The molecule has 42 heavy (non-hydrogen) atoms. The number of hydrogen-bond acceptors (Lipinski definition) is 7. The molecule has 0 radical (unpaired) electrons. The number of nitrogens with one attached hydrogen (secondary N) is 4. The minimum atomic E-state index is -3.87. The van der Waals surface area contributed by atoms with Crippen molar-refractivity contribution >= 4 is 43.3 Å². The van der Waals surface area contributed by atoms with Crippen LogP contribution in [0.1, 0.15) is 11.1 Å². The lowest BCUT2D eigenvalue weighted by Gasteiger charge is -2.35. The smallest absolute Gasteiger partial charge is 0.323 e. The van der Waals surface area contributed by atoms with Gasteiger partial charge in [-0.25, -0.2) is 31.5 Å². The van der Waals surface area contributed by atoms with Crippen LogP contribution in [0.4, 0.5) is 16.2 Å². The monoisotopic (exact) mass is 611 g/mol. The molecule has 3 aromatic carbocycles. The third-order valence-corrected chi connectivity index (χ3v) is 8.96. The predicted molar refractivity (Wildman–Crippen MR) is 162 cm³/mol. The maximum Gasteiger partial charge on any atom is 0.323 e. The number of nitrogens with two attached hydrogens (primary N) is 1. The molecule has 1 fully saturated rings. The van der Waals surface area contributed by atoms with Crippen molar-refractivity contribution in [2.24, 2.45) is 5.14 Å². The fourth-order valence-electron chi connectivity index (χ4n) is 4.33. The van der Waals surface area contributed by atoms with Crippen LogP contribution in [0.25, 0.3) is 0 Å². The maximum absolute atomic E-state index is 12.7. The van der Waals surface area contributed by atoms with Crippen molar-refractivity contribution in [2.45, 2.75) is 16.3 Å². The van der Waals surface area contributed by atoms with Gasteiger partial charge in [-0.3, -0.25) is 10.3 Å². The number of benzene rings is 3. The van der Waals surface area contributed by atoms with Crippen molar-refractivity contribution < 1.29 is 21.6 Å². The van der Waals surface area contributed by atoms with Crippen LogP contribution in [0.2, 0.25) is 0 Å². The fraction of sp³-hybridized carbons (Fsp3) is 0.214. The summed E-state index contributed by atoms with van der Waals surface area (Å²) in [4.78, 5) is 16.8. The SMILES string of the molecule is C=CCN1CCN(C(=N)c2cccc(NC(=O)Nc3ccc(S(=O)(=O)NCc4ccc(S(N)(=O)=O)cc4)cc3)c2)CC1. The van der Waals surface area contributed by atoms with Gasteiger partial charge < -0.3 is 15.5 Å². The standard InChI is InChI=1S/C28H33N7O5S2/c1-2-14-34-15-17-35(18-16-34)27(29)22-4-3-5-24(19-22)33-28(36)32-23-8-12-26(13-9-23)42(39,40)31-20-21-6-10-25(11-7-21)41(30,37)38/h2-13,19,29,31H,1,14-18,20H2,(H2,30,37,38)(H2,32,33,36). The first-order valence-electron chi connectivity index (χ1n) is 13.0. The number of carbonyl (C=O) groups excluding carboxylic acids is 1. The van der Waals surface area contributed by atoms with Crippen LogP contribution in [0.15, 0.2) is 95.2 Å². The first kappa shape index (κ1) is 30.9. The molecule has 3 aromatic rings. The van der Waals surface area contributed by atoms with Crippen LogP contribution in [0.5, 0.6) is 0 Å². The molecule has 1 aliphatic heterocycles. The number of piperazine rings is 1. The Hall–Kier alpha value is -4.08. The minimum Gasteiger partial charge on any atom is -0.354 e. The summed E-state index contributed by atoms with van der Waals surface area (Å²) in [6.45, 7) is 7.71. The van der Waals surface area contributed by atoms with Crippen molar-refractivity contribution in [1.82, 2.24) is 14.5 Å². The minimum absolute atomic E-state index is 0.00819. The van der Waals surface area contributed by atoms with Gasteiger partial charge in [-0.1, -0.05) is 30.3 Å². The van der Waals surface area contributed by atoms with Gasteiger partial charge in [-0.15, -0.1) is 6.58 Å². The van der Waals surface area contributed by atoms with Crippen molar-refractivity contribution in [3.8, 4) is 0 Å². The van der Waals surface area contributed by atoms with E-state index in [4.69, 9.17) is 10.5 Å². The van der Waals surface area contributed by atoms with Gasteiger partial charge in [0, 0.05) is 56.2 Å². The largest absolute Gasteiger partial charge is 0.354 e. The van der Waals surface area contributed by atoms with Crippen LogP contribution in [-0.4, -0.2) is 71.2 Å². The number of hydrogen-bond donors (Lipinski definition) is 5. The molecule has 1 heterocycles. The molecule has 1 saturated heterocycles. The summed E-state index contributed by atoms with van der Waals surface area (Å²) < 4.78 is 50.6. The number of amides is 2. The zero-order valence-electron chi connectivity index (χ0n) is 22.8. The van der Waals surface area contributed by atoms with Gasteiger partial charge in [-0.05, 0) is 54.1 Å². The van der Waals surface area contributed by atoms with Crippen molar-refractivity contribution in [3.05, 3.63) is 96.6 Å². The van der Waals surface area contributed by atoms with E-state index in [0.29, 0.717) is 28.3 Å². The third-order valence-electron chi connectivity index (χ3n) is 6.61. The zero-order chi connectivity index (χ0) is 30.3. The molecule has 0 atom stereocenters. The summed E-state index contributed by atoms with van der Waals surface area (Å²) >= 11 is 0. The van der Waals surface area contributed by atoms with E-state index in [1.165, 1.54) is 48.5 Å². The van der Waals surface area contributed by atoms with E-state index in [9.17, 15) is 21.6 Å². The number of anilines is 2. The zero-order valence-corrected chi connectivity index (χ0v) is 24.4. The topological polar surface area (TPSA) is 178 Å². The lowest BCUT2D eigenvalue weighted by molar-refractivity contribution is 0.197. The summed E-state index contributed by atoms with van der Waals surface area (Å²) in [6.07, 6.45) is 1.88. The molecule has 6 N–H and O–H groups in total. The van der Waals surface area contributed by atoms with E-state index >= 15 is 0 Å². The van der Waals surface area contributed by atoms with E-state index in [0.717, 1.165) is 32.7 Å². The van der Waals surface area contributed by atoms with E-state index in [1.54, 1.807) is 18.2 Å². The molecular formula is C28H33N7O5S2. The van der Waals surface area contributed by atoms with Crippen molar-refractivity contribution in [1.29, 1.82) is 5.41 Å². The molecule has 0 unspecified atom stereocenters. The quantitative estimate of drug-likeness (QED) is 0.133. The van der Waals surface area contributed by atoms with Gasteiger partial charge >= 0.3 is 6.03 Å². The Kier molecular flexibility index (Phi) is 9.75. The molecule has 0 aromatic heterocycles. The number of rotatable bonds is 10. The highest BCUT2D eigenvalue weighted by Crippen LogP contribution is 2.18. The Morgan fingerprint density at radius 3 is 2.12 bits per heavy atom. The highest BCUT2D eigenvalue weighted by molar-refractivity contribution is 7.89. The molecule has 4 rings (SSSR count).